The third-order valence-electron chi connectivity index (χ3n) is 9.49. The van der Waals surface area contributed by atoms with E-state index in [1.807, 2.05) is 68.4 Å². The first-order valence-electron chi connectivity index (χ1n) is 16.7. The number of benzene rings is 2. The van der Waals surface area contributed by atoms with E-state index in [4.69, 9.17) is 9.47 Å². The average molecular weight is 705 g/mol. The number of fused-ring (bicyclic) bond motifs is 3. The molecule has 0 spiro atoms. The Balaban J connectivity index is 1.13. The normalized spacial score (nSPS) is 22.2. The van der Waals surface area contributed by atoms with Crippen molar-refractivity contribution in [1.29, 1.82) is 0 Å². The van der Waals surface area contributed by atoms with E-state index < -0.39 is 27.4 Å². The van der Waals surface area contributed by atoms with E-state index in [1.54, 1.807) is 4.90 Å². The summed E-state index contributed by atoms with van der Waals surface area (Å²) in [6.07, 6.45) is -1.63. The van der Waals surface area contributed by atoms with Crippen molar-refractivity contribution in [3.63, 3.8) is 0 Å². The third-order valence-corrected chi connectivity index (χ3v) is 11.4. The quantitative estimate of drug-likeness (QED) is 0.283. The van der Waals surface area contributed by atoms with Crippen LogP contribution in [0.25, 0.3) is 10.9 Å². The van der Waals surface area contributed by atoms with Crippen molar-refractivity contribution in [2.45, 2.75) is 101 Å². The van der Waals surface area contributed by atoms with Gasteiger partial charge >= 0.3 is 12.3 Å². The first-order chi connectivity index (χ1) is 22.9. The second-order valence-corrected chi connectivity index (χ2v) is 16.4. The molecule has 2 bridgehead atoms. The Morgan fingerprint density at radius 3 is 2.04 bits per heavy atom. The Bertz CT molecular complexity index is 1810. The van der Waals surface area contributed by atoms with Crippen LogP contribution in [0.4, 0.5) is 18.0 Å². The van der Waals surface area contributed by atoms with Crippen molar-refractivity contribution < 1.29 is 40.7 Å². The molecule has 0 aliphatic carbocycles. The minimum absolute atomic E-state index is 0.0176. The van der Waals surface area contributed by atoms with Gasteiger partial charge in [-0.15, -0.1) is 0 Å². The van der Waals surface area contributed by atoms with E-state index in [-0.39, 0.29) is 67.3 Å². The van der Waals surface area contributed by atoms with Crippen LogP contribution in [-0.2, 0) is 20.9 Å². The number of hydrogen-bond donors (Lipinski definition) is 0. The average Bonchev–Trinajstić information content (AvgIpc) is 3.54. The van der Waals surface area contributed by atoms with Gasteiger partial charge in [-0.1, -0.05) is 0 Å². The Morgan fingerprint density at radius 2 is 1.49 bits per heavy atom. The molecule has 0 saturated carbocycles. The smallest absolute Gasteiger partial charge is 0.416 e. The van der Waals surface area contributed by atoms with Crippen LogP contribution in [0.3, 0.4) is 0 Å². The molecule has 6 rings (SSSR count). The number of aromatic nitrogens is 1. The third kappa shape index (κ3) is 7.12. The van der Waals surface area contributed by atoms with E-state index in [0.717, 1.165) is 48.0 Å². The summed E-state index contributed by atoms with van der Waals surface area (Å²) in [7, 11) is -4.03. The lowest BCUT2D eigenvalue weighted by Crippen LogP contribution is -2.50. The highest BCUT2D eigenvalue weighted by atomic mass is 32.2. The molecule has 2 amide bonds. The second-order valence-electron chi connectivity index (χ2n) is 14.4. The predicted molar refractivity (Wildman–Crippen MR) is 177 cm³/mol. The van der Waals surface area contributed by atoms with Gasteiger partial charge in [0.15, 0.2) is 0 Å². The molecule has 10 nitrogen and oxygen atoms in total. The molecule has 49 heavy (non-hydrogen) atoms. The number of nitrogens with zero attached hydrogens (tertiary/aromatic N) is 4. The molecule has 0 N–H and O–H groups in total. The van der Waals surface area contributed by atoms with Crippen molar-refractivity contribution in [3.05, 3.63) is 59.8 Å². The zero-order valence-corrected chi connectivity index (χ0v) is 29.2. The van der Waals surface area contributed by atoms with Gasteiger partial charge in [0.1, 0.15) is 23.1 Å². The highest BCUT2D eigenvalue weighted by Gasteiger charge is 2.45. The minimum atomic E-state index is -4.57. The van der Waals surface area contributed by atoms with E-state index >= 15 is 0 Å². The molecular formula is C35H43F3N4O6S. The number of halogens is 3. The molecule has 1 aromatic heterocycles. The van der Waals surface area contributed by atoms with E-state index in [0.29, 0.717) is 24.3 Å². The molecule has 2 aromatic carbocycles. The zero-order valence-electron chi connectivity index (χ0n) is 28.4. The standard InChI is InChI=1S/C35H43F3N4O6S/c1-22(2)41-30-13-10-27(47-28-20-25-8-9-26(21-28)42(25)33(44)48-34(3,4)5)18-23(30)19-31(41)32(43)39-14-16-40(17-15-39)49(45,46)29-11-6-24(7-12-29)35(36,37)38/h6-7,10-13,18-19,22,25-26,28H,8-9,14-17,20-21H2,1-5H3/t25-,26+,28-. The Morgan fingerprint density at radius 1 is 0.878 bits per heavy atom. The molecule has 0 unspecified atom stereocenters. The van der Waals surface area contributed by atoms with E-state index in [2.05, 4.69) is 0 Å². The SMILES string of the molecule is CC(C)n1c(C(=O)N2CCN(S(=O)(=O)c3ccc(C(F)(F)F)cc3)CC2)cc2cc(O[C@@H]3C[C@H]4CC[C@@H](C3)N4C(=O)OC(C)(C)C)ccc21. The summed E-state index contributed by atoms with van der Waals surface area (Å²) >= 11 is 0. The number of carbonyl (C=O) groups is 2. The molecule has 4 heterocycles. The first kappa shape index (κ1) is 35.1. The number of piperazine rings is 1. The minimum Gasteiger partial charge on any atom is -0.490 e. The summed E-state index contributed by atoms with van der Waals surface area (Å²) in [5.41, 5.74) is -0.133. The highest BCUT2D eigenvalue weighted by Crippen LogP contribution is 2.39. The van der Waals surface area contributed by atoms with Crippen LogP contribution in [0.2, 0.25) is 0 Å². The summed E-state index contributed by atoms with van der Waals surface area (Å²) in [6, 6.07) is 11.2. The maximum atomic E-state index is 13.9. The molecule has 3 fully saturated rings. The number of amides is 2. The molecular weight excluding hydrogens is 661 g/mol. The number of alkyl halides is 3. The first-order valence-corrected chi connectivity index (χ1v) is 18.2. The van der Waals surface area contributed by atoms with Gasteiger partial charge in [-0.2, -0.15) is 17.5 Å². The number of hydrogen-bond acceptors (Lipinski definition) is 6. The van der Waals surface area contributed by atoms with Gasteiger partial charge in [-0.3, -0.25) is 4.79 Å². The van der Waals surface area contributed by atoms with Gasteiger partial charge in [0, 0.05) is 68.0 Å². The van der Waals surface area contributed by atoms with Crippen LogP contribution in [0, 0.1) is 0 Å². The fourth-order valence-corrected chi connectivity index (χ4v) is 8.72. The van der Waals surface area contributed by atoms with Crippen molar-refractivity contribution in [2.75, 3.05) is 26.2 Å². The van der Waals surface area contributed by atoms with Gasteiger partial charge in [-0.25, -0.2) is 13.2 Å². The van der Waals surface area contributed by atoms with Crippen LogP contribution in [0.15, 0.2) is 53.4 Å². The van der Waals surface area contributed by atoms with Crippen molar-refractivity contribution >= 4 is 32.9 Å². The topological polar surface area (TPSA) is 101 Å². The van der Waals surface area contributed by atoms with Gasteiger partial charge < -0.3 is 23.8 Å². The fourth-order valence-electron chi connectivity index (χ4n) is 7.30. The fraction of sp³-hybridized carbons (Fsp3) is 0.543. The Hall–Kier alpha value is -3.78. The van der Waals surface area contributed by atoms with Gasteiger partial charge in [0.2, 0.25) is 10.0 Å². The largest absolute Gasteiger partial charge is 0.490 e. The van der Waals surface area contributed by atoms with Crippen molar-refractivity contribution in [1.82, 2.24) is 18.7 Å². The number of piperidine rings is 1. The molecule has 0 radical (unpaired) electrons. The van der Waals surface area contributed by atoms with Crippen LogP contribution in [-0.4, -0.2) is 89.1 Å². The van der Waals surface area contributed by atoms with Gasteiger partial charge in [-0.05, 0) is 96.0 Å². The maximum absolute atomic E-state index is 13.9. The molecule has 14 heteroatoms. The van der Waals surface area contributed by atoms with E-state index in [9.17, 15) is 31.2 Å². The highest BCUT2D eigenvalue weighted by molar-refractivity contribution is 7.89. The predicted octanol–water partition coefficient (Wildman–Crippen LogP) is 6.70. The number of ether oxygens (including phenoxy) is 2. The lowest BCUT2D eigenvalue weighted by molar-refractivity contribution is -0.137. The lowest BCUT2D eigenvalue weighted by atomic mass is 10.00. The van der Waals surface area contributed by atoms with Crippen LogP contribution in [0.5, 0.6) is 5.75 Å². The Labute approximate surface area is 284 Å². The van der Waals surface area contributed by atoms with Crippen LogP contribution < -0.4 is 4.74 Å². The summed E-state index contributed by atoms with van der Waals surface area (Å²) < 4.78 is 80.5. The van der Waals surface area contributed by atoms with Crippen LogP contribution in [0.1, 0.15) is 82.4 Å². The number of sulfonamides is 1. The summed E-state index contributed by atoms with van der Waals surface area (Å²) in [5, 5.41) is 0.840. The summed E-state index contributed by atoms with van der Waals surface area (Å²) in [5.74, 6) is 0.453. The lowest BCUT2D eigenvalue weighted by Gasteiger charge is -2.39. The monoisotopic (exact) mass is 704 g/mol. The Kier molecular flexibility index (Phi) is 9.18. The number of rotatable bonds is 6. The van der Waals surface area contributed by atoms with E-state index in [1.165, 1.54) is 4.31 Å². The summed E-state index contributed by atoms with van der Waals surface area (Å²) in [6.45, 7) is 9.89. The van der Waals surface area contributed by atoms with Crippen LogP contribution >= 0.6 is 0 Å². The molecule has 3 saturated heterocycles. The second kappa shape index (κ2) is 12.8. The zero-order chi connectivity index (χ0) is 35.5. The van der Waals surface area contributed by atoms with Gasteiger partial charge in [0.05, 0.1) is 10.5 Å². The number of carbonyl (C=O) groups excluding carboxylic acids is 2. The molecule has 3 aliphatic rings. The molecule has 266 valence electrons. The molecule has 3 atom stereocenters. The maximum Gasteiger partial charge on any atom is 0.416 e. The van der Waals surface area contributed by atoms with Crippen molar-refractivity contribution in [2.24, 2.45) is 0 Å². The van der Waals surface area contributed by atoms with Gasteiger partial charge in [0.25, 0.3) is 5.91 Å². The molecule has 3 aromatic rings. The van der Waals surface area contributed by atoms with Crippen molar-refractivity contribution in [3.8, 4) is 5.75 Å². The summed E-state index contributed by atoms with van der Waals surface area (Å²) in [4.78, 5) is 30.0. The molecule has 3 aliphatic heterocycles.